The number of esters is 1. The van der Waals surface area contributed by atoms with Gasteiger partial charge in [-0.15, -0.1) is 10.2 Å². The summed E-state index contributed by atoms with van der Waals surface area (Å²) in [7, 11) is -2.30. The van der Waals surface area contributed by atoms with Crippen molar-refractivity contribution in [1.29, 1.82) is 0 Å². The molecule has 2 aliphatic heterocycles. The quantitative estimate of drug-likeness (QED) is 0.101. The van der Waals surface area contributed by atoms with Crippen LogP contribution in [0.2, 0.25) is 0 Å². The molecule has 8 N–H and O–H groups in total. The smallest absolute Gasteiger partial charge is 0.870 e. The van der Waals surface area contributed by atoms with Crippen LogP contribution in [0.1, 0.15) is 61.7 Å². The Labute approximate surface area is 301 Å². The number of aryl methyl sites for hydroxylation is 2. The Balaban J connectivity index is 0.000000321. The number of aliphatic carboxylic acids is 1. The first-order valence-electron chi connectivity index (χ1n) is 13.8. The molecule has 0 spiro atoms. The summed E-state index contributed by atoms with van der Waals surface area (Å²) >= 11 is 2.21. The van der Waals surface area contributed by atoms with Crippen molar-refractivity contribution in [3.05, 3.63) is 46.5 Å². The fraction of sp³-hybridized carbons (Fsp3) is 0.333. The molecule has 0 saturated carbocycles. The van der Waals surface area contributed by atoms with E-state index in [2.05, 4.69) is 20.4 Å². The van der Waals surface area contributed by atoms with Gasteiger partial charge in [-0.2, -0.15) is 0 Å². The summed E-state index contributed by atoms with van der Waals surface area (Å²) in [6, 6.07) is 6.78. The number of anilines is 2. The summed E-state index contributed by atoms with van der Waals surface area (Å²) in [5.41, 5.74) is 15.1. The van der Waals surface area contributed by atoms with Crippen LogP contribution in [0.15, 0.2) is 24.3 Å². The summed E-state index contributed by atoms with van der Waals surface area (Å²) in [5, 5.41) is 45.1. The van der Waals surface area contributed by atoms with Crippen molar-refractivity contribution < 1.29 is 72.6 Å². The molecule has 6 rings (SSSR count). The monoisotopic (exact) mass is 710 g/mol. The summed E-state index contributed by atoms with van der Waals surface area (Å²) in [4.78, 5) is 22.6. The van der Waals surface area contributed by atoms with E-state index in [9.17, 15) is 19.6 Å². The zero-order valence-electron chi connectivity index (χ0n) is 26.1. The average molecular weight is 710 g/mol. The van der Waals surface area contributed by atoms with Gasteiger partial charge in [0.1, 0.15) is 11.5 Å². The molecule has 0 radical (unpaired) electrons. The predicted molar refractivity (Wildman–Crippen MR) is 176 cm³/mol. The van der Waals surface area contributed by atoms with Crippen LogP contribution in [0.4, 0.5) is 10.3 Å². The molecule has 17 nitrogen and oxygen atoms in total. The summed E-state index contributed by atoms with van der Waals surface area (Å²) in [6.07, 6.45) is -1.38. The average Bonchev–Trinajstić information content (AvgIpc) is 3.72. The van der Waals surface area contributed by atoms with Crippen molar-refractivity contribution in [2.75, 3.05) is 18.1 Å². The van der Waals surface area contributed by atoms with Crippen molar-refractivity contribution in [2.24, 2.45) is 0 Å². The molecule has 0 fully saturated rings. The summed E-state index contributed by atoms with van der Waals surface area (Å²) in [5.74, 6) is -0.423. The summed E-state index contributed by atoms with van der Waals surface area (Å²) < 4.78 is 26.9. The number of carbonyl (C=O) groups excluding carboxylic acids is 1. The van der Waals surface area contributed by atoms with E-state index in [-0.39, 0.29) is 60.9 Å². The van der Waals surface area contributed by atoms with Gasteiger partial charge in [-0.25, -0.2) is 0 Å². The van der Waals surface area contributed by atoms with Crippen molar-refractivity contribution >= 4 is 70.0 Å². The van der Waals surface area contributed by atoms with Crippen molar-refractivity contribution in [1.82, 2.24) is 20.4 Å². The van der Waals surface area contributed by atoms with E-state index in [1.807, 2.05) is 6.92 Å². The number of nitrogens with two attached hydrogens (primary N) is 2. The number of aromatic nitrogens is 4. The minimum atomic E-state index is -1.18. The number of nitrogens with zero attached hydrogens (tertiary/aromatic N) is 4. The SMILES string of the molecule is C.CCOC(=O)C[C@H]1OB(O)c2cc(Oc3nnc(N)s3)cc(C)c21.Cc1cc(Oc2nnc(N)s2)cc2c1[C@@H](CC(=O)O)OB2O.[Li+].[OH-]. The number of carboxylic acid groups (broad SMARTS) is 1. The van der Waals surface area contributed by atoms with E-state index in [4.69, 9.17) is 40.1 Å². The molecule has 49 heavy (non-hydrogen) atoms. The third-order valence-corrected chi connectivity index (χ3v) is 8.08. The minimum Gasteiger partial charge on any atom is -0.870 e. The van der Waals surface area contributed by atoms with Gasteiger partial charge in [0.05, 0.1) is 31.7 Å². The van der Waals surface area contributed by atoms with Crippen LogP contribution in [0, 0.1) is 13.8 Å². The Morgan fingerprint density at radius 1 is 0.837 bits per heavy atom. The second-order valence-electron chi connectivity index (χ2n) is 10.1. The Bertz CT molecular complexity index is 1770. The molecular weight excluding hydrogens is 677 g/mol. The van der Waals surface area contributed by atoms with E-state index in [1.165, 1.54) is 0 Å². The minimum absolute atomic E-state index is 0. The molecule has 2 aromatic heterocycles. The standard InChI is InChI=1S/C14H16BN3O5S.C12H12BN3O5S.CH4.Li.H2O/c1-3-21-11(19)6-10-12-7(2)4-8(5-9(12)15(20)23-10)22-14-18-17-13(16)24-14;1-5-2-6(20-12-16-15-11(14)22-12)3-7-10(5)8(4-9(17)18)21-13(7)19;;;/h4-5,10,20H,3,6H2,1-2H3,(H2,16,17);2-3,8,19H,4H2,1H3,(H2,14,15)(H,17,18);1H4;;1H2/q;;;+1;/p-1/t10-;8-;;;/m11.../s1. The van der Waals surface area contributed by atoms with Gasteiger partial charge < -0.3 is 55.6 Å². The largest absolute Gasteiger partial charge is 1.00 e. The topological polar surface area (TPSA) is 275 Å². The van der Waals surface area contributed by atoms with E-state index in [0.29, 0.717) is 44.9 Å². The van der Waals surface area contributed by atoms with E-state index < -0.39 is 32.4 Å². The number of benzene rings is 2. The zero-order chi connectivity index (χ0) is 33.1. The van der Waals surface area contributed by atoms with Crippen LogP contribution >= 0.6 is 22.7 Å². The molecule has 0 amide bonds. The second-order valence-corrected chi connectivity index (χ2v) is 12.0. The van der Waals surface area contributed by atoms with Crippen molar-refractivity contribution in [3.8, 4) is 21.9 Å². The molecule has 22 heteroatoms. The molecule has 4 aromatic rings. The van der Waals surface area contributed by atoms with Crippen molar-refractivity contribution in [2.45, 2.75) is 53.2 Å². The van der Waals surface area contributed by atoms with Gasteiger partial charge in [0.15, 0.2) is 0 Å². The molecule has 2 aliphatic rings. The molecule has 256 valence electrons. The van der Waals surface area contributed by atoms with Gasteiger partial charge in [-0.05, 0) is 101 Å². The van der Waals surface area contributed by atoms with Gasteiger partial charge in [0, 0.05) is 0 Å². The van der Waals surface area contributed by atoms with E-state index >= 15 is 0 Å². The molecule has 2 aromatic carbocycles. The Hall–Kier alpha value is -3.77. The maximum absolute atomic E-state index is 11.7. The Kier molecular flexibility index (Phi) is 15.0. The maximum Gasteiger partial charge on any atom is 1.00 e. The van der Waals surface area contributed by atoms with Gasteiger partial charge in [-0.3, -0.25) is 9.59 Å². The molecular formula is C27H33B2LiN6O11S2. The number of rotatable bonds is 9. The molecule has 0 unspecified atom stereocenters. The zero-order valence-corrected chi connectivity index (χ0v) is 27.8. The predicted octanol–water partition coefficient (Wildman–Crippen LogP) is -1.15. The van der Waals surface area contributed by atoms with Crippen molar-refractivity contribution in [3.63, 3.8) is 0 Å². The first kappa shape index (κ1) is 41.4. The normalized spacial score (nSPS) is 15.4. The molecule has 4 heterocycles. The van der Waals surface area contributed by atoms with Gasteiger partial charge in [0.25, 0.3) is 0 Å². The fourth-order valence-corrected chi connectivity index (χ4v) is 6.10. The Morgan fingerprint density at radius 2 is 1.27 bits per heavy atom. The third-order valence-electron chi connectivity index (χ3n) is 6.82. The number of hydrogen-bond donors (Lipinski definition) is 5. The van der Waals surface area contributed by atoms with Crippen LogP contribution in [0.3, 0.4) is 0 Å². The van der Waals surface area contributed by atoms with Gasteiger partial charge in [-0.1, -0.05) is 17.6 Å². The van der Waals surface area contributed by atoms with E-state index in [0.717, 1.165) is 39.4 Å². The molecule has 0 aliphatic carbocycles. The second kappa shape index (κ2) is 17.8. The van der Waals surface area contributed by atoms with Gasteiger partial charge in [0.2, 0.25) is 10.3 Å². The fourth-order valence-electron chi connectivity index (χ4n) is 5.14. The van der Waals surface area contributed by atoms with Gasteiger partial charge >= 0.3 is 55.4 Å². The number of nitrogen functional groups attached to an aromatic ring is 2. The molecule has 2 atom stereocenters. The van der Waals surface area contributed by atoms with Crippen LogP contribution in [-0.2, 0) is 23.6 Å². The summed E-state index contributed by atoms with van der Waals surface area (Å²) in [6.45, 7) is 5.71. The molecule has 0 saturated heterocycles. The van der Waals surface area contributed by atoms with Crippen LogP contribution in [0.25, 0.3) is 0 Å². The third kappa shape index (κ3) is 9.91. The number of hydrogen-bond acceptors (Lipinski definition) is 18. The van der Waals surface area contributed by atoms with E-state index in [1.54, 1.807) is 38.1 Å². The maximum atomic E-state index is 11.7. The first-order valence-corrected chi connectivity index (χ1v) is 15.4. The van der Waals surface area contributed by atoms with Crippen LogP contribution < -0.4 is 50.7 Å². The number of carboxylic acids is 1. The molecule has 0 bridgehead atoms. The van der Waals surface area contributed by atoms with Crippen LogP contribution in [-0.4, -0.2) is 73.8 Å². The number of fused-ring (bicyclic) bond motifs is 2. The number of ether oxygens (including phenoxy) is 3. The number of carbonyl (C=O) groups is 2. The first-order chi connectivity index (χ1) is 21.9. The van der Waals surface area contributed by atoms with Crippen LogP contribution in [0.5, 0.6) is 21.9 Å². The Morgan fingerprint density at radius 3 is 1.63 bits per heavy atom.